The average molecular weight is 365 g/mol. The Labute approximate surface area is 164 Å². The van der Waals surface area contributed by atoms with Crippen LogP contribution in [0.2, 0.25) is 0 Å². The summed E-state index contributed by atoms with van der Waals surface area (Å²) in [6.45, 7) is 21.3. The fraction of sp³-hybridized carbons (Fsp3) is 0.385. The van der Waals surface area contributed by atoms with E-state index in [9.17, 15) is 4.39 Å². The highest BCUT2D eigenvalue weighted by Gasteiger charge is 2.20. The van der Waals surface area contributed by atoms with Gasteiger partial charge in [0.1, 0.15) is 5.82 Å². The molecule has 144 valence electrons. The molecular weight excluding hydrogens is 331 g/mol. The smallest absolute Gasteiger partial charge is 0.127 e. The quantitative estimate of drug-likeness (QED) is 0.467. The Morgan fingerprint density at radius 3 is 2.48 bits per heavy atom. The van der Waals surface area contributed by atoms with Gasteiger partial charge in [-0.15, -0.1) is 0 Å². The van der Waals surface area contributed by atoms with Crippen molar-refractivity contribution in [2.24, 2.45) is 11.3 Å². The second kappa shape index (κ2) is 8.25. The summed E-state index contributed by atoms with van der Waals surface area (Å²) in [5.41, 5.74) is 7.42. The molecule has 1 unspecified atom stereocenters. The summed E-state index contributed by atoms with van der Waals surface area (Å²) < 4.78 is 14.6. The first-order chi connectivity index (χ1) is 12.5. The zero-order valence-electron chi connectivity index (χ0n) is 17.7. The first kappa shape index (κ1) is 21.2. The van der Waals surface area contributed by atoms with Crippen LogP contribution in [0, 0.1) is 17.2 Å². The molecule has 1 aromatic carbocycles. The molecule has 0 N–H and O–H groups in total. The Morgan fingerprint density at radius 1 is 1.26 bits per heavy atom. The Morgan fingerprint density at radius 2 is 1.93 bits per heavy atom. The lowest BCUT2D eigenvalue weighted by molar-refractivity contribution is 0.402. The van der Waals surface area contributed by atoms with Gasteiger partial charge in [-0.25, -0.2) is 4.39 Å². The topological polar surface area (TPSA) is 0 Å². The average Bonchev–Trinajstić information content (AvgIpc) is 2.54. The van der Waals surface area contributed by atoms with Gasteiger partial charge < -0.3 is 0 Å². The first-order valence-corrected chi connectivity index (χ1v) is 9.72. The normalized spacial score (nSPS) is 18.4. The molecule has 0 spiro atoms. The molecular formula is C26H33F. The third-order valence-corrected chi connectivity index (χ3v) is 5.11. The van der Waals surface area contributed by atoms with Crippen LogP contribution in [0.3, 0.4) is 0 Å². The van der Waals surface area contributed by atoms with E-state index in [2.05, 4.69) is 66.9 Å². The molecule has 0 bridgehead atoms. The molecule has 1 atom stereocenters. The van der Waals surface area contributed by atoms with E-state index in [0.29, 0.717) is 12.3 Å². The molecule has 0 heterocycles. The molecule has 1 aliphatic carbocycles. The third kappa shape index (κ3) is 5.19. The van der Waals surface area contributed by atoms with Gasteiger partial charge in [-0.3, -0.25) is 0 Å². The van der Waals surface area contributed by atoms with Crippen molar-refractivity contribution in [1.29, 1.82) is 0 Å². The zero-order chi connectivity index (χ0) is 20.4. The highest BCUT2D eigenvalue weighted by molar-refractivity contribution is 5.82. The van der Waals surface area contributed by atoms with Gasteiger partial charge in [0.25, 0.3) is 0 Å². The Hall–Kier alpha value is -2.15. The van der Waals surface area contributed by atoms with Crippen LogP contribution in [0.25, 0.3) is 5.57 Å². The number of benzene rings is 1. The molecule has 1 aromatic rings. The minimum Gasteiger partial charge on any atom is -0.207 e. The fourth-order valence-electron chi connectivity index (χ4n) is 3.89. The maximum absolute atomic E-state index is 14.6. The van der Waals surface area contributed by atoms with E-state index < -0.39 is 0 Å². The first-order valence-electron chi connectivity index (χ1n) is 9.72. The van der Waals surface area contributed by atoms with Gasteiger partial charge in [-0.05, 0) is 77.5 Å². The molecule has 0 aliphatic heterocycles. The van der Waals surface area contributed by atoms with Crippen molar-refractivity contribution in [1.82, 2.24) is 0 Å². The van der Waals surface area contributed by atoms with Gasteiger partial charge >= 0.3 is 0 Å². The molecule has 1 aliphatic rings. The van der Waals surface area contributed by atoms with Crippen LogP contribution < -0.4 is 0 Å². The second-order valence-corrected chi connectivity index (χ2v) is 9.02. The summed E-state index contributed by atoms with van der Waals surface area (Å²) in [5, 5.41) is 0. The van der Waals surface area contributed by atoms with E-state index in [4.69, 9.17) is 0 Å². The second-order valence-electron chi connectivity index (χ2n) is 9.02. The molecule has 1 heteroatoms. The summed E-state index contributed by atoms with van der Waals surface area (Å²) in [5.74, 6) is 0.297. The van der Waals surface area contributed by atoms with E-state index in [1.54, 1.807) is 12.1 Å². The van der Waals surface area contributed by atoms with Gasteiger partial charge in [0.05, 0.1) is 0 Å². The van der Waals surface area contributed by atoms with Crippen LogP contribution >= 0.6 is 0 Å². The van der Waals surface area contributed by atoms with Gasteiger partial charge in [0.2, 0.25) is 0 Å². The van der Waals surface area contributed by atoms with Crippen LogP contribution in [0.15, 0.2) is 71.9 Å². The molecule has 2 rings (SSSR count). The zero-order valence-corrected chi connectivity index (χ0v) is 17.7. The summed E-state index contributed by atoms with van der Waals surface area (Å²) in [6, 6.07) is 5.28. The molecule has 0 aromatic heterocycles. The minimum atomic E-state index is -0.160. The molecule has 0 radical (unpaired) electrons. The largest absolute Gasteiger partial charge is 0.207 e. The maximum atomic E-state index is 14.6. The molecule has 0 nitrogen and oxygen atoms in total. The molecule has 0 fully saturated rings. The SMILES string of the molecule is C=C/C(=C\C1=C(C)C=C(C)CC1C)C(=C)c1cccc(F)c1CC(C)(C)C. The van der Waals surface area contributed by atoms with Gasteiger partial charge in [-0.1, -0.05) is 76.8 Å². The van der Waals surface area contributed by atoms with E-state index in [1.807, 2.05) is 12.1 Å². The van der Waals surface area contributed by atoms with Crippen molar-refractivity contribution in [3.8, 4) is 0 Å². The van der Waals surface area contributed by atoms with Crippen molar-refractivity contribution in [2.75, 3.05) is 0 Å². The predicted octanol–water partition coefficient (Wildman–Crippen LogP) is 7.84. The van der Waals surface area contributed by atoms with E-state index >= 15 is 0 Å². The molecule has 0 amide bonds. The monoisotopic (exact) mass is 364 g/mol. The Kier molecular flexibility index (Phi) is 6.46. The number of halogens is 1. The lowest BCUT2D eigenvalue weighted by atomic mass is 9.81. The fourth-order valence-corrected chi connectivity index (χ4v) is 3.89. The Bertz CT molecular complexity index is 837. The lowest BCUT2D eigenvalue weighted by Gasteiger charge is -2.24. The van der Waals surface area contributed by atoms with E-state index in [1.165, 1.54) is 16.7 Å². The van der Waals surface area contributed by atoms with E-state index in [0.717, 1.165) is 28.7 Å². The third-order valence-electron chi connectivity index (χ3n) is 5.11. The molecule has 0 saturated heterocycles. The number of allylic oxidation sites excluding steroid dienone is 8. The van der Waals surface area contributed by atoms with Crippen molar-refractivity contribution in [2.45, 2.75) is 54.4 Å². The van der Waals surface area contributed by atoms with Gasteiger partial charge in [-0.2, -0.15) is 0 Å². The summed E-state index contributed by atoms with van der Waals surface area (Å²) in [4.78, 5) is 0. The summed E-state index contributed by atoms with van der Waals surface area (Å²) >= 11 is 0. The molecule has 0 saturated carbocycles. The molecule has 27 heavy (non-hydrogen) atoms. The van der Waals surface area contributed by atoms with Crippen molar-refractivity contribution in [3.05, 3.63) is 88.8 Å². The maximum Gasteiger partial charge on any atom is 0.127 e. The van der Waals surface area contributed by atoms with Crippen LogP contribution in [0.1, 0.15) is 59.1 Å². The number of hydrogen-bond acceptors (Lipinski definition) is 0. The predicted molar refractivity (Wildman–Crippen MR) is 117 cm³/mol. The standard InChI is InChI=1S/C26H33F/c1-9-21(15-23-18(3)13-17(2)14-19(23)4)20(5)22-11-10-12-25(27)24(22)16-26(6,7)8/h9-13,15,19H,1,5,14,16H2,2-4,6-8H3/b21-15+. The van der Waals surface area contributed by atoms with Crippen molar-refractivity contribution < 1.29 is 4.39 Å². The highest BCUT2D eigenvalue weighted by Crippen LogP contribution is 2.35. The van der Waals surface area contributed by atoms with Crippen LogP contribution in [-0.2, 0) is 6.42 Å². The number of hydrogen-bond donors (Lipinski definition) is 0. The van der Waals surface area contributed by atoms with Crippen molar-refractivity contribution >= 4 is 5.57 Å². The van der Waals surface area contributed by atoms with E-state index in [-0.39, 0.29) is 11.2 Å². The number of rotatable bonds is 5. The van der Waals surface area contributed by atoms with Crippen LogP contribution in [0.5, 0.6) is 0 Å². The van der Waals surface area contributed by atoms with Crippen molar-refractivity contribution in [3.63, 3.8) is 0 Å². The van der Waals surface area contributed by atoms with Crippen LogP contribution in [-0.4, -0.2) is 0 Å². The van der Waals surface area contributed by atoms with Crippen LogP contribution in [0.4, 0.5) is 4.39 Å². The Balaban J connectivity index is 2.51. The lowest BCUT2D eigenvalue weighted by Crippen LogP contribution is -2.13. The summed E-state index contributed by atoms with van der Waals surface area (Å²) in [7, 11) is 0. The van der Waals surface area contributed by atoms with Gasteiger partial charge in [0, 0.05) is 0 Å². The van der Waals surface area contributed by atoms with Gasteiger partial charge in [0.15, 0.2) is 0 Å². The highest BCUT2D eigenvalue weighted by atomic mass is 19.1. The minimum absolute atomic E-state index is 0.00536. The summed E-state index contributed by atoms with van der Waals surface area (Å²) in [6.07, 6.45) is 8.01.